The fourth-order valence-corrected chi connectivity index (χ4v) is 7.78. The molecule has 6 aromatic carbocycles. The van der Waals surface area contributed by atoms with Crippen LogP contribution in [0.4, 0.5) is 22.7 Å². The Balaban J connectivity index is 1.10. The first-order valence-corrected chi connectivity index (χ1v) is 19.1. The Bertz CT molecular complexity index is 2700. The van der Waals surface area contributed by atoms with Gasteiger partial charge in [0.15, 0.2) is 0 Å². The van der Waals surface area contributed by atoms with Gasteiger partial charge in [0, 0.05) is 40.5 Å². The number of fused-ring (bicyclic) bond motifs is 4. The van der Waals surface area contributed by atoms with Gasteiger partial charge in [0.1, 0.15) is 24.0 Å². The molecular formula is C50H46N4O. The number of para-hydroxylation sites is 2. The van der Waals surface area contributed by atoms with Crippen LogP contribution < -0.4 is 14.5 Å². The van der Waals surface area contributed by atoms with E-state index in [9.17, 15) is 0 Å². The number of rotatable bonds is 6. The fraction of sp³-hybridized carbons (Fsp3) is 0.180. The third-order valence-electron chi connectivity index (χ3n) is 10.8. The third kappa shape index (κ3) is 6.40. The maximum absolute atomic E-state index is 6.72. The van der Waals surface area contributed by atoms with Gasteiger partial charge in [-0.2, -0.15) is 0 Å². The van der Waals surface area contributed by atoms with Crippen LogP contribution >= 0.6 is 0 Å². The molecule has 0 aliphatic carbocycles. The van der Waals surface area contributed by atoms with Crippen LogP contribution in [0.25, 0.3) is 38.8 Å². The van der Waals surface area contributed by atoms with Crippen molar-refractivity contribution < 1.29 is 4.74 Å². The molecule has 0 saturated heterocycles. The first-order valence-electron chi connectivity index (χ1n) is 19.1. The number of pyridine rings is 1. The average molecular weight is 719 g/mol. The lowest BCUT2D eigenvalue weighted by molar-refractivity contribution is 0.483. The monoisotopic (exact) mass is 718 g/mol. The molecule has 8 aromatic rings. The van der Waals surface area contributed by atoms with Gasteiger partial charge in [-0.25, -0.2) is 4.98 Å². The maximum atomic E-state index is 6.72. The molecule has 1 aliphatic heterocycles. The van der Waals surface area contributed by atoms with Crippen molar-refractivity contribution in [3.05, 3.63) is 169 Å². The Kier molecular flexibility index (Phi) is 8.27. The van der Waals surface area contributed by atoms with Gasteiger partial charge in [0.2, 0.25) is 0 Å². The normalized spacial score (nSPS) is 13.1. The first-order chi connectivity index (χ1) is 26.5. The van der Waals surface area contributed by atoms with E-state index in [4.69, 9.17) is 9.72 Å². The van der Waals surface area contributed by atoms with Crippen molar-refractivity contribution in [1.29, 1.82) is 0 Å². The Morgan fingerprint density at radius 1 is 0.491 bits per heavy atom. The molecule has 55 heavy (non-hydrogen) atoms. The predicted molar refractivity (Wildman–Crippen MR) is 230 cm³/mol. The average Bonchev–Trinajstić information content (AvgIpc) is 3.74. The van der Waals surface area contributed by atoms with Gasteiger partial charge in [0.05, 0.1) is 22.4 Å². The molecule has 272 valence electrons. The predicted octanol–water partition coefficient (Wildman–Crippen LogP) is 13.5. The summed E-state index contributed by atoms with van der Waals surface area (Å²) in [6.07, 6.45) is 1.93. The number of ether oxygens (including phenoxy) is 1. The van der Waals surface area contributed by atoms with Crippen LogP contribution in [0.2, 0.25) is 0 Å². The smallest absolute Gasteiger partial charge is 0.137 e. The molecule has 0 fully saturated rings. The van der Waals surface area contributed by atoms with E-state index in [2.05, 4.69) is 202 Å². The zero-order valence-electron chi connectivity index (χ0n) is 32.4. The van der Waals surface area contributed by atoms with Crippen molar-refractivity contribution in [2.24, 2.45) is 0 Å². The van der Waals surface area contributed by atoms with Gasteiger partial charge >= 0.3 is 0 Å². The van der Waals surface area contributed by atoms with E-state index in [0.29, 0.717) is 6.67 Å². The summed E-state index contributed by atoms with van der Waals surface area (Å²) < 4.78 is 9.00. The summed E-state index contributed by atoms with van der Waals surface area (Å²) in [7, 11) is 0. The molecular weight excluding hydrogens is 673 g/mol. The summed E-state index contributed by atoms with van der Waals surface area (Å²) in [5, 5.41) is 2.33. The highest BCUT2D eigenvalue weighted by Crippen LogP contribution is 2.45. The summed E-state index contributed by atoms with van der Waals surface area (Å²) in [6.45, 7) is 14.2. The van der Waals surface area contributed by atoms with E-state index in [1.807, 2.05) is 12.3 Å². The fourth-order valence-electron chi connectivity index (χ4n) is 7.78. The van der Waals surface area contributed by atoms with Gasteiger partial charge in [-0.1, -0.05) is 108 Å². The Morgan fingerprint density at radius 2 is 1.15 bits per heavy atom. The van der Waals surface area contributed by atoms with Gasteiger partial charge in [0.25, 0.3) is 0 Å². The maximum Gasteiger partial charge on any atom is 0.137 e. The Hall–Kier alpha value is -6.33. The molecule has 0 bridgehead atoms. The van der Waals surface area contributed by atoms with E-state index in [1.54, 1.807) is 0 Å². The lowest BCUT2D eigenvalue weighted by Gasteiger charge is -2.25. The number of benzene rings is 6. The Labute approximate surface area is 324 Å². The molecule has 5 nitrogen and oxygen atoms in total. The summed E-state index contributed by atoms with van der Waals surface area (Å²) in [4.78, 5) is 9.69. The Morgan fingerprint density at radius 3 is 1.87 bits per heavy atom. The van der Waals surface area contributed by atoms with E-state index in [-0.39, 0.29) is 10.8 Å². The lowest BCUT2D eigenvalue weighted by Crippen LogP contribution is -2.24. The number of hydrogen-bond acceptors (Lipinski definition) is 4. The summed E-state index contributed by atoms with van der Waals surface area (Å²) in [6, 6.07) is 54.1. The van der Waals surface area contributed by atoms with Crippen LogP contribution in [0.5, 0.6) is 11.5 Å². The molecule has 0 radical (unpaired) electrons. The number of anilines is 4. The highest BCUT2D eigenvalue weighted by atomic mass is 16.5. The summed E-state index contributed by atoms with van der Waals surface area (Å²) in [5.74, 6) is 2.44. The second kappa shape index (κ2) is 13.2. The standard InChI is InChI=1S/C50H46N4O/c1-49(2,3)36-16-12-17-38(29-36)52-33-53(46-21-11-10-20-45(46)52)39-18-13-19-40(31-39)55-41-23-24-42-43-28-35(34-14-8-7-9-15-34)22-25-44(43)54(47(42)32-41)48-30-37(26-27-51-48)50(4,5)6/h7-32H,33H2,1-6H3. The van der Waals surface area contributed by atoms with E-state index in [0.717, 1.165) is 39.4 Å². The zero-order valence-corrected chi connectivity index (χ0v) is 32.4. The largest absolute Gasteiger partial charge is 0.457 e. The van der Waals surface area contributed by atoms with E-state index >= 15 is 0 Å². The summed E-state index contributed by atoms with van der Waals surface area (Å²) >= 11 is 0. The van der Waals surface area contributed by atoms with Crippen LogP contribution in [-0.4, -0.2) is 16.2 Å². The van der Waals surface area contributed by atoms with Crippen molar-refractivity contribution in [1.82, 2.24) is 9.55 Å². The first kappa shape index (κ1) is 34.4. The minimum atomic E-state index is -0.0143. The van der Waals surface area contributed by atoms with Crippen LogP contribution in [-0.2, 0) is 10.8 Å². The third-order valence-corrected chi connectivity index (χ3v) is 10.8. The molecule has 9 rings (SSSR count). The van der Waals surface area contributed by atoms with Gasteiger partial charge in [-0.05, 0) is 106 Å². The van der Waals surface area contributed by atoms with Crippen molar-refractivity contribution in [2.75, 3.05) is 16.5 Å². The quantitative estimate of drug-likeness (QED) is 0.171. The second-order valence-corrected chi connectivity index (χ2v) is 16.7. The lowest BCUT2D eigenvalue weighted by atomic mass is 9.87. The topological polar surface area (TPSA) is 33.5 Å². The molecule has 0 unspecified atom stereocenters. The molecule has 0 saturated carbocycles. The van der Waals surface area contributed by atoms with E-state index in [1.165, 1.54) is 44.7 Å². The molecule has 1 aliphatic rings. The molecule has 2 aromatic heterocycles. The van der Waals surface area contributed by atoms with Crippen molar-refractivity contribution >= 4 is 44.6 Å². The zero-order chi connectivity index (χ0) is 37.9. The highest BCUT2D eigenvalue weighted by molar-refractivity contribution is 6.10. The second-order valence-electron chi connectivity index (χ2n) is 16.7. The van der Waals surface area contributed by atoms with E-state index < -0.39 is 0 Å². The molecule has 0 spiro atoms. The van der Waals surface area contributed by atoms with Crippen molar-refractivity contribution in [3.8, 4) is 28.4 Å². The molecule has 3 heterocycles. The number of hydrogen-bond donors (Lipinski definition) is 0. The number of aromatic nitrogens is 2. The van der Waals surface area contributed by atoms with Crippen LogP contribution in [0.3, 0.4) is 0 Å². The molecule has 0 N–H and O–H groups in total. The minimum Gasteiger partial charge on any atom is -0.457 e. The van der Waals surface area contributed by atoms with Crippen LogP contribution in [0.1, 0.15) is 52.7 Å². The van der Waals surface area contributed by atoms with Gasteiger partial charge in [-0.15, -0.1) is 0 Å². The molecule has 0 atom stereocenters. The highest BCUT2D eigenvalue weighted by Gasteiger charge is 2.29. The van der Waals surface area contributed by atoms with Gasteiger partial charge < -0.3 is 14.5 Å². The van der Waals surface area contributed by atoms with Crippen LogP contribution in [0, 0.1) is 0 Å². The minimum absolute atomic E-state index is 0.0143. The van der Waals surface area contributed by atoms with Crippen LogP contribution in [0.15, 0.2) is 158 Å². The number of nitrogens with zero attached hydrogens (tertiary/aromatic N) is 4. The summed E-state index contributed by atoms with van der Waals surface area (Å²) in [5.41, 5.74) is 11.8. The van der Waals surface area contributed by atoms with Gasteiger partial charge in [-0.3, -0.25) is 4.57 Å². The SMILES string of the molecule is CC(C)(C)c1cccc(N2CN(c3cccc(Oc4ccc5c6cc(-c7ccccc7)ccc6n(-c6cc(C(C)(C)C)ccn6)c5c4)c3)c3ccccc32)c1. The van der Waals surface area contributed by atoms with Crippen molar-refractivity contribution in [3.63, 3.8) is 0 Å². The molecule has 0 amide bonds. The molecule has 5 heteroatoms. The van der Waals surface area contributed by atoms with Crippen molar-refractivity contribution in [2.45, 2.75) is 52.4 Å².